The van der Waals surface area contributed by atoms with E-state index in [-0.39, 0.29) is 0 Å². The van der Waals surface area contributed by atoms with Crippen LogP contribution in [0.2, 0.25) is 0 Å². The van der Waals surface area contributed by atoms with Gasteiger partial charge in [0.25, 0.3) is 0 Å². The Kier molecular flexibility index (Phi) is 2.88. The predicted octanol–water partition coefficient (Wildman–Crippen LogP) is 3.30. The first-order valence-electron chi connectivity index (χ1n) is 6.32. The third kappa shape index (κ3) is 2.13. The maximum absolute atomic E-state index is 2.71. The topological polar surface area (TPSA) is 3.24 Å². The summed E-state index contributed by atoms with van der Waals surface area (Å²) in [5.74, 6) is 2.10. The van der Waals surface area contributed by atoms with E-state index < -0.39 is 0 Å². The number of rotatable bonds is 0. The molecular formula is C13H25N. The lowest BCUT2D eigenvalue weighted by Crippen LogP contribution is -2.43. The molecule has 0 radical (unpaired) electrons. The molecule has 1 saturated heterocycles. The van der Waals surface area contributed by atoms with E-state index in [1.54, 1.807) is 0 Å². The summed E-state index contributed by atoms with van der Waals surface area (Å²) in [4.78, 5) is 2.71. The van der Waals surface area contributed by atoms with E-state index in [0.29, 0.717) is 5.54 Å². The second-order valence-electron chi connectivity index (χ2n) is 6.21. The van der Waals surface area contributed by atoms with Gasteiger partial charge in [0, 0.05) is 12.1 Å². The van der Waals surface area contributed by atoms with E-state index in [2.05, 4.69) is 25.7 Å². The lowest BCUT2D eigenvalue weighted by Gasteiger charge is -2.36. The fraction of sp³-hybridized carbons (Fsp3) is 1.00. The summed E-state index contributed by atoms with van der Waals surface area (Å²) < 4.78 is 0. The van der Waals surface area contributed by atoms with Crippen LogP contribution in [-0.2, 0) is 0 Å². The van der Waals surface area contributed by atoms with Crippen molar-refractivity contribution in [1.82, 2.24) is 4.90 Å². The average Bonchev–Trinajstić information content (AvgIpc) is 2.41. The van der Waals surface area contributed by atoms with Gasteiger partial charge < -0.3 is 0 Å². The van der Waals surface area contributed by atoms with Gasteiger partial charge in [-0.05, 0) is 58.4 Å². The zero-order valence-corrected chi connectivity index (χ0v) is 10.1. The van der Waals surface area contributed by atoms with Crippen LogP contribution in [0.4, 0.5) is 0 Å². The zero-order valence-electron chi connectivity index (χ0n) is 10.1. The molecule has 2 rings (SSSR count). The normalized spacial score (nSPS) is 35.4. The summed E-state index contributed by atoms with van der Waals surface area (Å²) in [5.41, 5.74) is 0.386. The number of likely N-dealkylation sites (tertiary alicyclic amines) is 1. The summed E-state index contributed by atoms with van der Waals surface area (Å²) in [6.07, 6.45) is 7.43. The molecule has 1 aliphatic carbocycles. The van der Waals surface area contributed by atoms with Crippen LogP contribution in [0, 0.1) is 11.8 Å². The van der Waals surface area contributed by atoms with Crippen molar-refractivity contribution in [2.75, 3.05) is 13.1 Å². The molecule has 82 valence electrons. The molecule has 14 heavy (non-hydrogen) atoms. The van der Waals surface area contributed by atoms with E-state index in [1.165, 1.54) is 45.2 Å². The standard InChI is InChI=1S/C13H25N/c1-13(2,3)14-9-5-8-11-6-4-7-12(11)10-14/h11-12H,4-10H2,1-3H3. The highest BCUT2D eigenvalue weighted by Gasteiger charge is 2.34. The molecule has 0 aromatic heterocycles. The van der Waals surface area contributed by atoms with Gasteiger partial charge in [-0.1, -0.05) is 12.8 Å². The Balaban J connectivity index is 2.02. The van der Waals surface area contributed by atoms with Crippen LogP contribution in [0.3, 0.4) is 0 Å². The summed E-state index contributed by atoms with van der Waals surface area (Å²) in [6, 6.07) is 0. The first-order chi connectivity index (χ1) is 6.57. The maximum Gasteiger partial charge on any atom is 0.0125 e. The van der Waals surface area contributed by atoms with E-state index in [1.807, 2.05) is 0 Å². The third-order valence-electron chi connectivity index (χ3n) is 4.22. The first-order valence-corrected chi connectivity index (χ1v) is 6.32. The molecule has 2 unspecified atom stereocenters. The van der Waals surface area contributed by atoms with Crippen LogP contribution in [0.5, 0.6) is 0 Å². The van der Waals surface area contributed by atoms with Crippen LogP contribution < -0.4 is 0 Å². The SMILES string of the molecule is CC(C)(C)N1CCCC2CCCC2C1. The van der Waals surface area contributed by atoms with Crippen molar-refractivity contribution in [3.63, 3.8) is 0 Å². The van der Waals surface area contributed by atoms with Crippen molar-refractivity contribution in [2.24, 2.45) is 11.8 Å². The quantitative estimate of drug-likeness (QED) is 0.573. The van der Waals surface area contributed by atoms with Gasteiger partial charge >= 0.3 is 0 Å². The molecule has 2 fully saturated rings. The molecule has 1 nitrogen and oxygen atoms in total. The highest BCUT2D eigenvalue weighted by atomic mass is 15.2. The molecule has 0 aromatic rings. The average molecular weight is 195 g/mol. The zero-order chi connectivity index (χ0) is 10.2. The van der Waals surface area contributed by atoms with Gasteiger partial charge in [-0.15, -0.1) is 0 Å². The first kappa shape index (κ1) is 10.5. The van der Waals surface area contributed by atoms with Crippen molar-refractivity contribution in [3.8, 4) is 0 Å². The summed E-state index contributed by atoms with van der Waals surface area (Å²) in [7, 11) is 0. The van der Waals surface area contributed by atoms with Crippen LogP contribution >= 0.6 is 0 Å². The Hall–Kier alpha value is -0.0400. The van der Waals surface area contributed by atoms with Gasteiger partial charge in [0.2, 0.25) is 0 Å². The van der Waals surface area contributed by atoms with Crippen LogP contribution in [0.25, 0.3) is 0 Å². The molecule has 0 spiro atoms. The fourth-order valence-corrected chi connectivity index (χ4v) is 3.26. The van der Waals surface area contributed by atoms with E-state index >= 15 is 0 Å². The highest BCUT2D eigenvalue weighted by Crippen LogP contribution is 2.38. The number of hydrogen-bond acceptors (Lipinski definition) is 1. The molecule has 2 aliphatic rings. The Morgan fingerprint density at radius 1 is 0.929 bits per heavy atom. The van der Waals surface area contributed by atoms with Crippen LogP contribution in [-0.4, -0.2) is 23.5 Å². The molecule has 0 bridgehead atoms. The minimum Gasteiger partial charge on any atom is -0.298 e. The van der Waals surface area contributed by atoms with Gasteiger partial charge in [-0.25, -0.2) is 0 Å². The molecule has 1 saturated carbocycles. The highest BCUT2D eigenvalue weighted by molar-refractivity contribution is 4.87. The fourth-order valence-electron chi connectivity index (χ4n) is 3.26. The molecule has 1 heteroatoms. The molecule has 2 atom stereocenters. The van der Waals surface area contributed by atoms with E-state index in [9.17, 15) is 0 Å². The predicted molar refractivity (Wildman–Crippen MR) is 61.4 cm³/mol. The van der Waals surface area contributed by atoms with Gasteiger partial charge in [-0.3, -0.25) is 4.90 Å². The molecule has 1 heterocycles. The molecule has 0 N–H and O–H groups in total. The Morgan fingerprint density at radius 3 is 2.29 bits per heavy atom. The minimum atomic E-state index is 0.386. The van der Waals surface area contributed by atoms with Crippen molar-refractivity contribution in [3.05, 3.63) is 0 Å². The van der Waals surface area contributed by atoms with Crippen molar-refractivity contribution < 1.29 is 0 Å². The van der Waals surface area contributed by atoms with Crippen molar-refractivity contribution in [2.45, 2.75) is 58.4 Å². The van der Waals surface area contributed by atoms with Gasteiger partial charge in [-0.2, -0.15) is 0 Å². The lowest BCUT2D eigenvalue weighted by atomic mass is 9.92. The lowest BCUT2D eigenvalue weighted by molar-refractivity contribution is 0.120. The maximum atomic E-state index is 2.71. The molecule has 1 aliphatic heterocycles. The minimum absolute atomic E-state index is 0.386. The summed E-state index contributed by atoms with van der Waals surface area (Å²) in [5, 5.41) is 0. The van der Waals surface area contributed by atoms with Gasteiger partial charge in [0.15, 0.2) is 0 Å². The molecule has 0 aromatic carbocycles. The largest absolute Gasteiger partial charge is 0.298 e. The summed E-state index contributed by atoms with van der Waals surface area (Å²) >= 11 is 0. The Labute approximate surface area is 88.9 Å². The second-order valence-corrected chi connectivity index (χ2v) is 6.21. The molecule has 0 amide bonds. The van der Waals surface area contributed by atoms with E-state index in [0.717, 1.165) is 11.8 Å². The smallest absolute Gasteiger partial charge is 0.0125 e. The number of fused-ring (bicyclic) bond motifs is 1. The second kappa shape index (κ2) is 3.84. The third-order valence-corrected chi connectivity index (χ3v) is 4.22. The van der Waals surface area contributed by atoms with Crippen LogP contribution in [0.1, 0.15) is 52.9 Å². The van der Waals surface area contributed by atoms with Gasteiger partial charge in [0.05, 0.1) is 0 Å². The van der Waals surface area contributed by atoms with E-state index in [4.69, 9.17) is 0 Å². The number of hydrogen-bond donors (Lipinski definition) is 0. The Bertz CT molecular complexity index is 192. The summed E-state index contributed by atoms with van der Waals surface area (Å²) in [6.45, 7) is 9.79. The molecular weight excluding hydrogens is 170 g/mol. The number of nitrogens with zero attached hydrogens (tertiary/aromatic N) is 1. The van der Waals surface area contributed by atoms with Crippen molar-refractivity contribution in [1.29, 1.82) is 0 Å². The van der Waals surface area contributed by atoms with Gasteiger partial charge in [0.1, 0.15) is 0 Å². The van der Waals surface area contributed by atoms with Crippen LogP contribution in [0.15, 0.2) is 0 Å². The van der Waals surface area contributed by atoms with Crippen molar-refractivity contribution >= 4 is 0 Å². The monoisotopic (exact) mass is 195 g/mol. The Morgan fingerprint density at radius 2 is 1.57 bits per heavy atom.